The summed E-state index contributed by atoms with van der Waals surface area (Å²) in [4.78, 5) is 26.5. The van der Waals surface area contributed by atoms with Crippen molar-refractivity contribution in [2.75, 3.05) is 12.3 Å². The van der Waals surface area contributed by atoms with Crippen LogP contribution in [-0.4, -0.2) is 35.4 Å². The molecule has 0 spiro atoms. The van der Waals surface area contributed by atoms with E-state index in [1.807, 2.05) is 0 Å². The van der Waals surface area contributed by atoms with Gasteiger partial charge in [-0.05, 0) is 0 Å². The predicted molar refractivity (Wildman–Crippen MR) is 44.6 cm³/mol. The second kappa shape index (κ2) is 2.97. The first-order chi connectivity index (χ1) is 3.39. The molecule has 0 saturated heterocycles. The molecule has 0 aromatic rings. The van der Waals surface area contributed by atoms with Gasteiger partial charge in [-0.3, -0.25) is 0 Å². The van der Waals surface area contributed by atoms with Crippen LogP contribution in [0.5, 0.6) is 0 Å². The van der Waals surface area contributed by atoms with Gasteiger partial charge >= 0.3 is 48.1 Å². The zero-order valence-corrected chi connectivity index (χ0v) is 6.10. The van der Waals surface area contributed by atoms with E-state index in [-0.39, 0.29) is 20.7 Å². The molecule has 0 unspecified atom stereocenters. The molecule has 5 heteroatoms. The Bertz CT molecular complexity index is 79.5. The Morgan fingerprint density at radius 2 is 1.22 bits per heavy atom. The van der Waals surface area contributed by atoms with Gasteiger partial charge in [0.2, 0.25) is 0 Å². The second-order valence-corrected chi connectivity index (χ2v) is 5.92. The van der Waals surface area contributed by atoms with Gasteiger partial charge in [0.15, 0.2) is 0 Å². The van der Waals surface area contributed by atoms with E-state index >= 15 is 0 Å². The van der Waals surface area contributed by atoms with E-state index < -0.39 is 7.28 Å². The van der Waals surface area contributed by atoms with Crippen molar-refractivity contribution in [3.63, 3.8) is 0 Å². The van der Waals surface area contributed by atoms with E-state index in [0.717, 1.165) is 0 Å². The van der Waals surface area contributed by atoms with E-state index in [0.29, 0.717) is 0 Å². The van der Waals surface area contributed by atoms with Gasteiger partial charge in [-0.2, -0.15) is 0 Å². The molecule has 0 bridgehead atoms. The van der Waals surface area contributed by atoms with Gasteiger partial charge < -0.3 is 0 Å². The first-order valence-electron chi connectivity index (χ1n) is 2.65. The zero-order valence-electron chi connectivity index (χ0n) is 5.20. The molecule has 9 heavy (non-hydrogen) atoms. The molecule has 0 rings (SSSR count). The summed E-state index contributed by atoms with van der Waals surface area (Å²) in [5.41, 5.74) is 0. The van der Waals surface area contributed by atoms with Crippen molar-refractivity contribution in [1.29, 1.82) is 0 Å². The molecular weight excluding hydrogens is 138 g/mol. The SMILES string of the molecule is B.CCP(O)(O)(O)CC. The molecular formula is C4H16BO3P. The van der Waals surface area contributed by atoms with Crippen LogP contribution in [0.15, 0.2) is 0 Å². The van der Waals surface area contributed by atoms with E-state index in [4.69, 9.17) is 14.7 Å². The molecule has 0 aromatic heterocycles. The van der Waals surface area contributed by atoms with Crippen molar-refractivity contribution in [2.24, 2.45) is 0 Å². The Labute approximate surface area is 57.5 Å². The summed E-state index contributed by atoms with van der Waals surface area (Å²) in [6, 6.07) is 0. The minimum absolute atomic E-state index is 0. The van der Waals surface area contributed by atoms with Crippen LogP contribution >= 0.6 is 7.28 Å². The maximum atomic E-state index is 8.84. The van der Waals surface area contributed by atoms with Crippen LogP contribution in [0.3, 0.4) is 0 Å². The van der Waals surface area contributed by atoms with Gasteiger partial charge in [0.05, 0.1) is 8.41 Å². The molecule has 0 aliphatic rings. The normalized spacial score (nSPS) is 15.4. The summed E-state index contributed by atoms with van der Waals surface area (Å²) in [5.74, 6) is 0. The predicted octanol–water partition coefficient (Wildman–Crippen LogP) is -0.883. The van der Waals surface area contributed by atoms with Crippen LogP contribution in [-0.2, 0) is 0 Å². The summed E-state index contributed by atoms with van der Waals surface area (Å²) >= 11 is 0. The molecule has 0 aliphatic heterocycles. The third-order valence-electron chi connectivity index (χ3n) is 1.30. The van der Waals surface area contributed by atoms with Crippen LogP contribution in [0.2, 0.25) is 0 Å². The Morgan fingerprint density at radius 3 is 1.22 bits per heavy atom. The minimum atomic E-state index is -4.10. The van der Waals surface area contributed by atoms with Crippen LogP contribution < -0.4 is 0 Å². The third-order valence-corrected chi connectivity index (χ3v) is 3.89. The van der Waals surface area contributed by atoms with E-state index in [1.165, 1.54) is 0 Å². The second-order valence-electron chi connectivity index (χ2n) is 1.97. The summed E-state index contributed by atoms with van der Waals surface area (Å²) in [7, 11) is -4.10. The van der Waals surface area contributed by atoms with Gasteiger partial charge in [0, 0.05) is 0 Å². The van der Waals surface area contributed by atoms with Crippen molar-refractivity contribution in [2.45, 2.75) is 13.8 Å². The zero-order chi connectivity index (χ0) is 6.86. The molecule has 0 amide bonds. The first-order valence-corrected chi connectivity index (χ1v) is 5.11. The summed E-state index contributed by atoms with van der Waals surface area (Å²) in [6.45, 7) is 3.11. The Hall–Kier alpha value is 0.375. The number of rotatable bonds is 2. The van der Waals surface area contributed by atoms with E-state index in [2.05, 4.69) is 0 Å². The van der Waals surface area contributed by atoms with Crippen LogP contribution in [0.25, 0.3) is 0 Å². The van der Waals surface area contributed by atoms with Gasteiger partial charge in [0.1, 0.15) is 0 Å². The fourth-order valence-corrected chi connectivity index (χ4v) is 0.671. The van der Waals surface area contributed by atoms with Crippen LogP contribution in [0.1, 0.15) is 13.8 Å². The van der Waals surface area contributed by atoms with Crippen LogP contribution in [0.4, 0.5) is 0 Å². The summed E-state index contributed by atoms with van der Waals surface area (Å²) in [6.07, 6.45) is 0.115. The standard InChI is InChI=1S/C4H13O3P.BH3/c1-3-8(5,6,7)4-2;/h5-7H,3-4H2,1-2H3;1H3. The molecule has 58 valence electrons. The molecule has 0 saturated carbocycles. The maximum absolute atomic E-state index is 8.84. The van der Waals surface area contributed by atoms with Crippen molar-refractivity contribution in [3.8, 4) is 0 Å². The molecule has 0 fully saturated rings. The van der Waals surface area contributed by atoms with Crippen molar-refractivity contribution < 1.29 is 14.7 Å². The Morgan fingerprint density at radius 1 is 1.00 bits per heavy atom. The molecule has 0 radical (unpaired) electrons. The molecule has 0 atom stereocenters. The quantitative estimate of drug-likeness (QED) is 0.357. The molecule has 3 nitrogen and oxygen atoms in total. The number of hydrogen-bond acceptors (Lipinski definition) is 3. The van der Waals surface area contributed by atoms with Crippen molar-refractivity contribution in [3.05, 3.63) is 0 Å². The Kier molecular flexibility index (Phi) is 4.00. The fourth-order valence-electron chi connectivity index (χ4n) is 0.224. The summed E-state index contributed by atoms with van der Waals surface area (Å²) in [5, 5.41) is 0. The van der Waals surface area contributed by atoms with E-state index in [9.17, 15) is 0 Å². The van der Waals surface area contributed by atoms with E-state index in [1.54, 1.807) is 13.8 Å². The van der Waals surface area contributed by atoms with Gasteiger partial charge in [-0.25, -0.2) is 0 Å². The third kappa shape index (κ3) is 4.85. The molecule has 0 aliphatic carbocycles. The summed E-state index contributed by atoms with van der Waals surface area (Å²) < 4.78 is 0. The average molecular weight is 154 g/mol. The van der Waals surface area contributed by atoms with Gasteiger partial charge in [-0.1, -0.05) is 0 Å². The molecule has 3 N–H and O–H groups in total. The van der Waals surface area contributed by atoms with Crippen LogP contribution in [0, 0.1) is 0 Å². The molecule has 0 aromatic carbocycles. The van der Waals surface area contributed by atoms with Crippen molar-refractivity contribution in [1.82, 2.24) is 0 Å². The Balaban J connectivity index is 0. The van der Waals surface area contributed by atoms with Gasteiger partial charge in [0.25, 0.3) is 0 Å². The first kappa shape index (κ1) is 12.1. The van der Waals surface area contributed by atoms with Gasteiger partial charge in [-0.15, -0.1) is 0 Å². The number of hydrogen-bond donors (Lipinski definition) is 3. The topological polar surface area (TPSA) is 60.7 Å². The molecule has 0 heterocycles. The van der Waals surface area contributed by atoms with Crippen molar-refractivity contribution >= 4 is 15.7 Å². The monoisotopic (exact) mass is 154 g/mol. The fraction of sp³-hybridized carbons (Fsp3) is 1.00. The average Bonchev–Trinajstić information content (AvgIpc) is 1.68.